The molecular formula is C14H14N2O2S. The Kier molecular flexibility index (Phi) is 3.97. The maximum atomic E-state index is 11.9. The first-order valence-electron chi connectivity index (χ1n) is 5.74. The third-order valence-corrected chi connectivity index (χ3v) is 3.82. The van der Waals surface area contributed by atoms with Crippen LogP contribution in [0, 0.1) is 6.92 Å². The molecule has 1 N–H and O–H groups in total. The number of hydrazone groups is 1. The molecule has 2 rings (SSSR count). The summed E-state index contributed by atoms with van der Waals surface area (Å²) in [5, 5.41) is 3.76. The monoisotopic (exact) mass is 274 g/mol. The van der Waals surface area contributed by atoms with E-state index in [1.807, 2.05) is 31.2 Å². The maximum absolute atomic E-state index is 11.9. The predicted octanol–water partition coefficient (Wildman–Crippen LogP) is 2.82. The van der Waals surface area contributed by atoms with E-state index in [9.17, 15) is 8.42 Å². The molecule has 4 nitrogen and oxygen atoms in total. The highest BCUT2D eigenvalue weighted by atomic mass is 32.2. The number of hydrogen-bond donors (Lipinski definition) is 1. The molecule has 0 aliphatic heterocycles. The number of anilines is 1. The Bertz CT molecular complexity index is 662. The van der Waals surface area contributed by atoms with E-state index >= 15 is 0 Å². The second-order valence-corrected chi connectivity index (χ2v) is 5.84. The molecule has 0 aromatic heterocycles. The van der Waals surface area contributed by atoms with Gasteiger partial charge in [-0.3, -0.25) is 5.43 Å². The van der Waals surface area contributed by atoms with Crippen molar-refractivity contribution in [3.63, 3.8) is 0 Å². The number of rotatable bonds is 4. The Morgan fingerprint density at radius 2 is 1.63 bits per heavy atom. The molecule has 0 saturated carbocycles. The Labute approximate surface area is 112 Å². The minimum Gasteiger partial charge on any atom is -0.278 e. The summed E-state index contributed by atoms with van der Waals surface area (Å²) < 4.78 is 23.8. The fraction of sp³-hybridized carbons (Fsp3) is 0.0714. The molecule has 19 heavy (non-hydrogen) atoms. The highest BCUT2D eigenvalue weighted by molar-refractivity contribution is 8.04. The molecule has 0 aliphatic carbocycles. The molecule has 0 saturated heterocycles. The van der Waals surface area contributed by atoms with Crippen molar-refractivity contribution in [2.75, 3.05) is 5.43 Å². The Balaban J connectivity index is 2.09. The lowest BCUT2D eigenvalue weighted by Gasteiger charge is -2.01. The lowest BCUT2D eigenvalue weighted by Crippen LogP contribution is -2.03. The number of benzene rings is 2. The molecule has 0 atom stereocenters. The average molecular weight is 274 g/mol. The molecular weight excluding hydrogens is 260 g/mol. The zero-order valence-electron chi connectivity index (χ0n) is 10.4. The molecule has 2 aromatic rings. The average Bonchev–Trinajstić information content (AvgIpc) is 2.42. The van der Waals surface area contributed by atoms with Crippen LogP contribution in [0.3, 0.4) is 0 Å². The van der Waals surface area contributed by atoms with E-state index in [1.54, 1.807) is 18.2 Å². The summed E-state index contributed by atoms with van der Waals surface area (Å²) in [6.45, 7) is 1.98. The van der Waals surface area contributed by atoms with Gasteiger partial charge in [-0.25, -0.2) is 8.42 Å². The molecule has 0 aliphatic rings. The zero-order valence-corrected chi connectivity index (χ0v) is 11.3. The van der Waals surface area contributed by atoms with E-state index in [4.69, 9.17) is 0 Å². The first-order valence-corrected chi connectivity index (χ1v) is 7.28. The van der Waals surface area contributed by atoms with Gasteiger partial charge in [0.15, 0.2) is 0 Å². The van der Waals surface area contributed by atoms with Crippen molar-refractivity contribution in [3.8, 4) is 0 Å². The smallest absolute Gasteiger partial charge is 0.218 e. The summed E-state index contributed by atoms with van der Waals surface area (Å²) >= 11 is 0. The van der Waals surface area contributed by atoms with Crippen LogP contribution in [0.25, 0.3) is 0 Å². The zero-order chi connectivity index (χ0) is 13.7. The second-order valence-electron chi connectivity index (χ2n) is 4.07. The molecule has 0 radical (unpaired) electrons. The van der Waals surface area contributed by atoms with Gasteiger partial charge >= 0.3 is 0 Å². The van der Waals surface area contributed by atoms with Gasteiger partial charge in [-0.15, -0.1) is 0 Å². The molecule has 0 spiro atoms. The standard InChI is InChI=1S/C14H14N2O2S/c1-12-7-9-13(10-8-12)16-15-11-19(17,18)14-5-3-2-4-6-14/h2-11,16H,1H3/b15-11+. The highest BCUT2D eigenvalue weighted by Gasteiger charge is 2.09. The second kappa shape index (κ2) is 5.67. The third kappa shape index (κ3) is 3.66. The number of hydrogen-bond acceptors (Lipinski definition) is 4. The van der Waals surface area contributed by atoms with Crippen LogP contribution in [0.15, 0.2) is 64.6 Å². The summed E-state index contributed by atoms with van der Waals surface area (Å²) in [6, 6.07) is 15.7. The SMILES string of the molecule is Cc1ccc(N/N=C/S(=O)(=O)c2ccccc2)cc1. The highest BCUT2D eigenvalue weighted by Crippen LogP contribution is 2.10. The Hall–Kier alpha value is -2.14. The van der Waals surface area contributed by atoms with Crippen molar-refractivity contribution < 1.29 is 8.42 Å². The van der Waals surface area contributed by atoms with Crippen molar-refractivity contribution in [3.05, 3.63) is 60.2 Å². The quantitative estimate of drug-likeness (QED) is 0.530. The van der Waals surface area contributed by atoms with E-state index in [2.05, 4.69) is 10.5 Å². The van der Waals surface area contributed by atoms with Gasteiger partial charge in [0.25, 0.3) is 0 Å². The number of nitrogens with one attached hydrogen (secondary N) is 1. The predicted molar refractivity (Wildman–Crippen MR) is 76.9 cm³/mol. The van der Waals surface area contributed by atoms with Gasteiger partial charge in [-0.1, -0.05) is 35.9 Å². The molecule has 0 heterocycles. The minimum absolute atomic E-state index is 0.226. The van der Waals surface area contributed by atoms with Crippen LogP contribution >= 0.6 is 0 Å². The first-order chi connectivity index (χ1) is 9.08. The van der Waals surface area contributed by atoms with Crippen molar-refractivity contribution >= 4 is 21.1 Å². The summed E-state index contributed by atoms with van der Waals surface area (Å²) in [4.78, 5) is 0.226. The number of aryl methyl sites for hydroxylation is 1. The molecule has 5 heteroatoms. The molecule has 0 fully saturated rings. The van der Waals surface area contributed by atoms with Gasteiger partial charge in [-0.2, -0.15) is 5.10 Å². The fourth-order valence-corrected chi connectivity index (χ4v) is 2.32. The summed E-state index contributed by atoms with van der Waals surface area (Å²) in [5.74, 6) is 0. The van der Waals surface area contributed by atoms with Crippen LogP contribution in [0.2, 0.25) is 0 Å². The van der Waals surface area contributed by atoms with Crippen molar-refractivity contribution in [1.29, 1.82) is 0 Å². The molecule has 98 valence electrons. The van der Waals surface area contributed by atoms with Crippen molar-refractivity contribution in [1.82, 2.24) is 0 Å². The van der Waals surface area contributed by atoms with E-state index in [1.165, 1.54) is 12.1 Å². The number of nitrogens with zero attached hydrogens (tertiary/aromatic N) is 1. The van der Waals surface area contributed by atoms with Gasteiger partial charge in [-0.05, 0) is 31.2 Å². The Morgan fingerprint density at radius 1 is 1.00 bits per heavy atom. The lowest BCUT2D eigenvalue weighted by atomic mass is 10.2. The first kappa shape index (κ1) is 13.3. The van der Waals surface area contributed by atoms with E-state index in [0.717, 1.165) is 16.8 Å². The molecule has 0 bridgehead atoms. The largest absolute Gasteiger partial charge is 0.278 e. The van der Waals surface area contributed by atoms with Gasteiger partial charge in [0.1, 0.15) is 5.55 Å². The van der Waals surface area contributed by atoms with Crippen LogP contribution in [0.4, 0.5) is 5.69 Å². The Morgan fingerprint density at radius 3 is 2.26 bits per heavy atom. The van der Waals surface area contributed by atoms with E-state index < -0.39 is 9.84 Å². The molecule has 2 aromatic carbocycles. The summed E-state index contributed by atoms with van der Waals surface area (Å²) in [7, 11) is -3.49. The third-order valence-electron chi connectivity index (χ3n) is 2.51. The van der Waals surface area contributed by atoms with Crippen LogP contribution in [-0.2, 0) is 9.84 Å². The van der Waals surface area contributed by atoms with E-state index in [0.29, 0.717) is 0 Å². The van der Waals surface area contributed by atoms with E-state index in [-0.39, 0.29) is 4.90 Å². The summed E-state index contributed by atoms with van der Waals surface area (Å²) in [5.41, 5.74) is 5.48. The van der Waals surface area contributed by atoms with Gasteiger partial charge < -0.3 is 0 Å². The minimum atomic E-state index is -3.49. The van der Waals surface area contributed by atoms with Crippen LogP contribution in [0.5, 0.6) is 0 Å². The molecule has 0 unspecified atom stereocenters. The normalized spacial score (nSPS) is 11.6. The maximum Gasteiger partial charge on any atom is 0.218 e. The van der Waals surface area contributed by atoms with Crippen molar-refractivity contribution in [2.45, 2.75) is 11.8 Å². The van der Waals surface area contributed by atoms with Crippen molar-refractivity contribution in [2.24, 2.45) is 5.10 Å². The number of sulfone groups is 1. The topological polar surface area (TPSA) is 58.5 Å². The van der Waals surface area contributed by atoms with Gasteiger partial charge in [0, 0.05) is 0 Å². The lowest BCUT2D eigenvalue weighted by molar-refractivity contribution is 0.608. The fourth-order valence-electron chi connectivity index (χ4n) is 1.47. The van der Waals surface area contributed by atoms with Crippen LogP contribution in [-0.4, -0.2) is 14.0 Å². The molecule has 0 amide bonds. The van der Waals surface area contributed by atoms with Crippen LogP contribution < -0.4 is 5.43 Å². The van der Waals surface area contributed by atoms with Crippen LogP contribution in [0.1, 0.15) is 5.56 Å². The summed E-state index contributed by atoms with van der Waals surface area (Å²) in [6.07, 6.45) is 0. The van der Waals surface area contributed by atoms with Gasteiger partial charge in [0.2, 0.25) is 9.84 Å². The van der Waals surface area contributed by atoms with Gasteiger partial charge in [0.05, 0.1) is 10.6 Å².